The number of rotatable bonds is 6. The third-order valence-electron chi connectivity index (χ3n) is 5.98. The molecule has 2 unspecified atom stereocenters. The van der Waals surface area contributed by atoms with Crippen LogP contribution in [0.4, 0.5) is 11.6 Å². The zero-order chi connectivity index (χ0) is 20.5. The smallest absolute Gasteiger partial charge is 0.162 e. The van der Waals surface area contributed by atoms with Gasteiger partial charge in [0.1, 0.15) is 23.3 Å². The number of hydrogen-bond acceptors (Lipinski definition) is 7. The number of nitrogens with two attached hydrogens (primary N) is 2. The summed E-state index contributed by atoms with van der Waals surface area (Å²) in [5.41, 5.74) is 15.8. The van der Waals surface area contributed by atoms with Crippen LogP contribution in [-0.4, -0.2) is 37.5 Å². The quantitative estimate of drug-likeness (QED) is 0.582. The van der Waals surface area contributed by atoms with Gasteiger partial charge in [-0.15, -0.1) is 0 Å². The first kappa shape index (κ1) is 19.2. The molecule has 0 spiro atoms. The van der Waals surface area contributed by atoms with E-state index in [1.165, 1.54) is 17.4 Å². The fraction of sp³-hybridized carbons (Fsp3) is 0.500. The largest absolute Gasteiger partial charge is 0.382 e. The van der Waals surface area contributed by atoms with Crippen molar-refractivity contribution in [2.45, 2.75) is 45.6 Å². The van der Waals surface area contributed by atoms with Crippen LogP contribution in [0.5, 0.6) is 0 Å². The molecule has 1 aliphatic rings. The Balaban J connectivity index is 1.48. The van der Waals surface area contributed by atoms with Gasteiger partial charge in [0.15, 0.2) is 5.65 Å². The second-order valence-electron chi connectivity index (χ2n) is 7.74. The van der Waals surface area contributed by atoms with Crippen molar-refractivity contribution in [2.75, 3.05) is 24.1 Å². The fourth-order valence-electron chi connectivity index (χ4n) is 4.16. The molecule has 1 saturated carbocycles. The molecule has 0 saturated heterocycles. The maximum absolute atomic E-state index is 9.55. The molecular weight excluding hydrogens is 366 g/mol. The standard InChI is InChI=1S/C20H27N9/c1-12-13(2)26-29-18(23)16(11-22)19(25-20(12)29)24-8-6-15-7-9-28(27-15)17-5-3-4-14(17)10-21/h7,9,14,17H,3-6,8,10,21,23H2,1-2H3,(H,24,25). The molecule has 152 valence electrons. The Bertz CT molecular complexity index is 1070. The summed E-state index contributed by atoms with van der Waals surface area (Å²) in [5.74, 6) is 1.30. The van der Waals surface area contributed by atoms with Crippen molar-refractivity contribution in [3.05, 3.63) is 34.8 Å². The molecule has 2 atom stereocenters. The number of anilines is 2. The predicted molar refractivity (Wildman–Crippen MR) is 111 cm³/mol. The molecule has 3 aromatic rings. The van der Waals surface area contributed by atoms with Gasteiger partial charge >= 0.3 is 0 Å². The number of aromatic nitrogens is 5. The molecule has 0 aromatic carbocycles. The SMILES string of the molecule is Cc1nn2c(N)c(C#N)c(NCCc3ccn(C4CCCC4CN)n3)nc2c1C. The lowest BCUT2D eigenvalue weighted by Gasteiger charge is -2.18. The molecule has 29 heavy (non-hydrogen) atoms. The van der Waals surface area contributed by atoms with Crippen LogP contribution < -0.4 is 16.8 Å². The molecule has 1 fully saturated rings. The molecular formula is C20H27N9. The molecule has 1 aliphatic carbocycles. The molecule has 0 amide bonds. The van der Waals surface area contributed by atoms with E-state index in [2.05, 4.69) is 32.3 Å². The van der Waals surface area contributed by atoms with E-state index in [1.54, 1.807) is 0 Å². The van der Waals surface area contributed by atoms with E-state index in [-0.39, 0.29) is 0 Å². The van der Waals surface area contributed by atoms with Crippen molar-refractivity contribution in [3.8, 4) is 6.07 Å². The van der Waals surface area contributed by atoms with E-state index >= 15 is 0 Å². The third kappa shape index (κ3) is 3.40. The first-order chi connectivity index (χ1) is 14.0. The second-order valence-corrected chi connectivity index (χ2v) is 7.74. The molecule has 5 N–H and O–H groups in total. The third-order valence-corrected chi connectivity index (χ3v) is 5.98. The number of aryl methyl sites for hydroxylation is 2. The van der Waals surface area contributed by atoms with Crippen LogP contribution in [0.25, 0.3) is 5.65 Å². The van der Waals surface area contributed by atoms with E-state index in [0.29, 0.717) is 47.9 Å². The monoisotopic (exact) mass is 393 g/mol. The van der Waals surface area contributed by atoms with E-state index in [9.17, 15) is 5.26 Å². The van der Waals surface area contributed by atoms with E-state index in [0.717, 1.165) is 29.8 Å². The average Bonchev–Trinajstić information content (AvgIpc) is 3.43. The van der Waals surface area contributed by atoms with Gasteiger partial charge in [-0.1, -0.05) is 6.42 Å². The molecule has 9 nitrogen and oxygen atoms in total. The van der Waals surface area contributed by atoms with E-state index in [1.807, 2.05) is 19.9 Å². The number of nitrogen functional groups attached to an aromatic ring is 1. The zero-order valence-corrected chi connectivity index (χ0v) is 16.9. The normalized spacial score (nSPS) is 19.0. The van der Waals surface area contributed by atoms with E-state index in [4.69, 9.17) is 16.6 Å². The Morgan fingerprint density at radius 3 is 2.90 bits per heavy atom. The highest BCUT2D eigenvalue weighted by Gasteiger charge is 2.28. The van der Waals surface area contributed by atoms with Crippen molar-refractivity contribution in [3.63, 3.8) is 0 Å². The Kier molecular flexibility index (Phi) is 5.11. The van der Waals surface area contributed by atoms with Crippen LogP contribution in [0, 0.1) is 31.1 Å². The van der Waals surface area contributed by atoms with Gasteiger partial charge in [0.25, 0.3) is 0 Å². The summed E-state index contributed by atoms with van der Waals surface area (Å²) in [5, 5.41) is 21.9. The number of hydrogen-bond donors (Lipinski definition) is 3. The lowest BCUT2D eigenvalue weighted by Crippen LogP contribution is -2.22. The van der Waals surface area contributed by atoms with Gasteiger partial charge in [-0.3, -0.25) is 4.68 Å². The summed E-state index contributed by atoms with van der Waals surface area (Å²) in [4.78, 5) is 4.59. The van der Waals surface area contributed by atoms with Gasteiger partial charge in [0.2, 0.25) is 0 Å². The highest BCUT2D eigenvalue weighted by Crippen LogP contribution is 2.34. The first-order valence-electron chi connectivity index (χ1n) is 10.1. The minimum Gasteiger partial charge on any atom is -0.382 e. The van der Waals surface area contributed by atoms with Crippen LogP contribution in [0.15, 0.2) is 12.3 Å². The van der Waals surface area contributed by atoms with Crippen LogP contribution in [0.1, 0.15) is 47.8 Å². The summed E-state index contributed by atoms with van der Waals surface area (Å²) < 4.78 is 3.60. The van der Waals surface area contributed by atoms with Crippen LogP contribution in [-0.2, 0) is 6.42 Å². The molecule has 3 aromatic heterocycles. The summed E-state index contributed by atoms with van der Waals surface area (Å²) >= 11 is 0. The Morgan fingerprint density at radius 2 is 2.14 bits per heavy atom. The number of nitriles is 1. The number of nitrogens with one attached hydrogen (secondary N) is 1. The molecule has 0 bridgehead atoms. The first-order valence-corrected chi connectivity index (χ1v) is 10.1. The highest BCUT2D eigenvalue weighted by molar-refractivity contribution is 5.69. The van der Waals surface area contributed by atoms with Gasteiger partial charge < -0.3 is 16.8 Å². The van der Waals surface area contributed by atoms with Crippen molar-refractivity contribution in [1.82, 2.24) is 24.4 Å². The lowest BCUT2D eigenvalue weighted by atomic mass is 10.0. The molecule has 9 heteroatoms. The van der Waals surface area contributed by atoms with Crippen LogP contribution in [0.2, 0.25) is 0 Å². The Hall–Kier alpha value is -3.12. The summed E-state index contributed by atoms with van der Waals surface area (Å²) in [6.07, 6.45) is 6.30. The number of fused-ring (bicyclic) bond motifs is 1. The molecule has 0 aliphatic heterocycles. The second kappa shape index (κ2) is 7.72. The summed E-state index contributed by atoms with van der Waals surface area (Å²) in [6.45, 7) is 5.16. The highest BCUT2D eigenvalue weighted by atomic mass is 15.3. The maximum atomic E-state index is 9.55. The molecule has 3 heterocycles. The molecule has 4 rings (SSSR count). The van der Waals surface area contributed by atoms with Crippen molar-refractivity contribution >= 4 is 17.3 Å². The summed E-state index contributed by atoms with van der Waals surface area (Å²) in [7, 11) is 0. The van der Waals surface area contributed by atoms with Crippen LogP contribution in [0.3, 0.4) is 0 Å². The van der Waals surface area contributed by atoms with Crippen molar-refractivity contribution in [2.24, 2.45) is 11.7 Å². The topological polar surface area (TPSA) is 136 Å². The van der Waals surface area contributed by atoms with E-state index < -0.39 is 0 Å². The van der Waals surface area contributed by atoms with Gasteiger partial charge in [0, 0.05) is 24.7 Å². The molecule has 0 radical (unpaired) electrons. The maximum Gasteiger partial charge on any atom is 0.162 e. The minimum absolute atomic E-state index is 0.300. The minimum atomic E-state index is 0.300. The Labute approximate surface area is 169 Å². The van der Waals surface area contributed by atoms with Gasteiger partial charge in [-0.05, 0) is 45.2 Å². The predicted octanol–water partition coefficient (Wildman–Crippen LogP) is 1.95. The fourth-order valence-corrected chi connectivity index (χ4v) is 4.16. The van der Waals surface area contributed by atoms with Crippen molar-refractivity contribution < 1.29 is 0 Å². The van der Waals surface area contributed by atoms with Gasteiger partial charge in [0.05, 0.1) is 17.4 Å². The zero-order valence-electron chi connectivity index (χ0n) is 16.9. The van der Waals surface area contributed by atoms with Gasteiger partial charge in [-0.2, -0.15) is 20.0 Å². The van der Waals surface area contributed by atoms with Gasteiger partial charge in [-0.25, -0.2) is 4.98 Å². The lowest BCUT2D eigenvalue weighted by molar-refractivity contribution is 0.356. The Morgan fingerprint density at radius 1 is 1.31 bits per heavy atom. The number of nitrogens with zero attached hydrogens (tertiary/aromatic N) is 6. The van der Waals surface area contributed by atoms with Crippen molar-refractivity contribution in [1.29, 1.82) is 5.26 Å². The van der Waals surface area contributed by atoms with Crippen LogP contribution >= 0.6 is 0 Å². The summed E-state index contributed by atoms with van der Waals surface area (Å²) in [6, 6.07) is 4.60. The average molecular weight is 393 g/mol.